The number of hydrogen-bond donors (Lipinski definition) is 0. The van der Waals surface area contributed by atoms with Crippen LogP contribution in [-0.4, -0.2) is 9.55 Å². The van der Waals surface area contributed by atoms with Gasteiger partial charge in [0.25, 0.3) is 0 Å². The molecule has 0 aliphatic rings. The van der Waals surface area contributed by atoms with E-state index < -0.39 is 0 Å². The molecule has 0 unspecified atom stereocenters. The van der Waals surface area contributed by atoms with Gasteiger partial charge in [-0.3, -0.25) is 4.98 Å². The predicted molar refractivity (Wildman–Crippen MR) is 129 cm³/mol. The van der Waals surface area contributed by atoms with Crippen molar-refractivity contribution < 1.29 is 0 Å². The minimum absolute atomic E-state index is 1.11. The monoisotopic (exact) mass is 396 g/mol. The average molecular weight is 396 g/mol. The minimum atomic E-state index is 1.11. The van der Waals surface area contributed by atoms with Gasteiger partial charge in [0.2, 0.25) is 0 Å². The van der Waals surface area contributed by atoms with Crippen molar-refractivity contribution in [2.45, 2.75) is 0 Å². The molecular formula is C29H20N2. The maximum Gasteiger partial charge on any atom is 0.0541 e. The Morgan fingerprint density at radius 3 is 1.74 bits per heavy atom. The molecule has 0 radical (unpaired) electrons. The summed E-state index contributed by atoms with van der Waals surface area (Å²) in [4.78, 5) is 4.52. The van der Waals surface area contributed by atoms with Gasteiger partial charge in [0.1, 0.15) is 0 Å². The van der Waals surface area contributed by atoms with Gasteiger partial charge in [0, 0.05) is 40.0 Å². The maximum absolute atomic E-state index is 4.52. The molecule has 2 heteroatoms. The lowest BCUT2D eigenvalue weighted by atomic mass is 10.0. The summed E-state index contributed by atoms with van der Waals surface area (Å²) < 4.78 is 2.35. The van der Waals surface area contributed by atoms with E-state index in [1.165, 1.54) is 27.4 Å². The lowest BCUT2D eigenvalue weighted by Gasteiger charge is -2.11. The van der Waals surface area contributed by atoms with E-state index in [0.717, 1.165) is 22.4 Å². The number of fused-ring (bicyclic) bond motifs is 3. The van der Waals surface area contributed by atoms with Gasteiger partial charge in [-0.25, -0.2) is 0 Å². The Kier molecular flexibility index (Phi) is 4.14. The summed E-state index contributed by atoms with van der Waals surface area (Å²) in [5, 5.41) is 2.55. The molecule has 2 aromatic heterocycles. The predicted octanol–water partition coefficient (Wildman–Crippen LogP) is 7.51. The summed E-state index contributed by atoms with van der Waals surface area (Å²) in [5.74, 6) is 0. The fourth-order valence-corrected chi connectivity index (χ4v) is 4.41. The normalized spacial score (nSPS) is 11.2. The second kappa shape index (κ2) is 7.26. The van der Waals surface area contributed by atoms with Crippen molar-refractivity contribution in [1.29, 1.82) is 0 Å². The molecule has 4 aromatic carbocycles. The first kappa shape index (κ1) is 17.7. The van der Waals surface area contributed by atoms with E-state index in [1.54, 1.807) is 0 Å². The molecule has 2 heterocycles. The average Bonchev–Trinajstić information content (AvgIpc) is 3.19. The number of aromatic nitrogens is 2. The zero-order valence-corrected chi connectivity index (χ0v) is 16.9. The molecule has 0 atom stereocenters. The first-order chi connectivity index (χ1) is 15.4. The van der Waals surface area contributed by atoms with Crippen LogP contribution in [0.3, 0.4) is 0 Å². The summed E-state index contributed by atoms with van der Waals surface area (Å²) in [5.41, 5.74) is 8.17. The topological polar surface area (TPSA) is 17.8 Å². The van der Waals surface area contributed by atoms with Crippen LogP contribution in [0.1, 0.15) is 0 Å². The van der Waals surface area contributed by atoms with Crippen LogP contribution >= 0.6 is 0 Å². The van der Waals surface area contributed by atoms with Gasteiger partial charge in [-0.05, 0) is 41.5 Å². The molecule has 6 aromatic rings. The Balaban J connectivity index is 1.53. The van der Waals surface area contributed by atoms with Gasteiger partial charge in [0.05, 0.1) is 11.0 Å². The molecule has 0 spiro atoms. The fourth-order valence-electron chi connectivity index (χ4n) is 4.41. The van der Waals surface area contributed by atoms with Crippen molar-refractivity contribution in [2.24, 2.45) is 0 Å². The Hall–Kier alpha value is -4.17. The first-order valence-electron chi connectivity index (χ1n) is 10.5. The number of pyridine rings is 1. The molecule has 0 amide bonds. The summed E-state index contributed by atoms with van der Waals surface area (Å²) in [6.45, 7) is 0. The SMILES string of the molecule is c1ccc(-c2cncc(-c3cccc(-n4c5ccccc5c5ccccc54)c3)c2)cc1. The molecule has 6 rings (SSSR count). The van der Waals surface area contributed by atoms with E-state index in [-0.39, 0.29) is 0 Å². The van der Waals surface area contributed by atoms with E-state index in [9.17, 15) is 0 Å². The maximum atomic E-state index is 4.52. The van der Waals surface area contributed by atoms with Crippen LogP contribution < -0.4 is 0 Å². The molecule has 0 aliphatic heterocycles. The Bertz CT molecular complexity index is 1470. The quantitative estimate of drug-likeness (QED) is 0.303. The highest BCUT2D eigenvalue weighted by Gasteiger charge is 2.12. The van der Waals surface area contributed by atoms with Gasteiger partial charge in [0.15, 0.2) is 0 Å². The van der Waals surface area contributed by atoms with Gasteiger partial charge < -0.3 is 4.57 Å². The van der Waals surface area contributed by atoms with Crippen molar-refractivity contribution in [3.8, 4) is 27.9 Å². The smallest absolute Gasteiger partial charge is 0.0541 e. The zero-order chi connectivity index (χ0) is 20.6. The van der Waals surface area contributed by atoms with Crippen LogP contribution in [-0.2, 0) is 0 Å². The number of para-hydroxylation sites is 2. The molecule has 0 saturated carbocycles. The standard InChI is InChI=1S/C29H20N2/c1-2-9-21(10-3-1)23-17-24(20-30-19-23)22-11-8-12-25(18-22)31-28-15-6-4-13-26(28)27-14-5-7-16-29(27)31/h1-20H. The second-order valence-corrected chi connectivity index (χ2v) is 7.75. The molecule has 0 aliphatic carbocycles. The van der Waals surface area contributed by atoms with E-state index >= 15 is 0 Å². The van der Waals surface area contributed by atoms with Crippen molar-refractivity contribution in [3.05, 3.63) is 122 Å². The lowest BCUT2D eigenvalue weighted by molar-refractivity contribution is 1.18. The van der Waals surface area contributed by atoms with E-state index in [1.807, 2.05) is 18.5 Å². The largest absolute Gasteiger partial charge is 0.309 e. The van der Waals surface area contributed by atoms with Crippen LogP contribution in [0.2, 0.25) is 0 Å². The first-order valence-corrected chi connectivity index (χ1v) is 10.5. The molecule has 2 nitrogen and oxygen atoms in total. The molecule has 0 saturated heterocycles. The van der Waals surface area contributed by atoms with Gasteiger partial charge >= 0.3 is 0 Å². The molecule has 0 bridgehead atoms. The third-order valence-corrected chi connectivity index (χ3v) is 5.86. The van der Waals surface area contributed by atoms with Crippen molar-refractivity contribution in [3.63, 3.8) is 0 Å². The Labute approximate surface area is 181 Å². The molecule has 0 N–H and O–H groups in total. The third-order valence-electron chi connectivity index (χ3n) is 5.86. The van der Waals surface area contributed by atoms with E-state index in [4.69, 9.17) is 0 Å². The van der Waals surface area contributed by atoms with Crippen LogP contribution in [0, 0.1) is 0 Å². The fraction of sp³-hybridized carbons (Fsp3) is 0. The van der Waals surface area contributed by atoms with Gasteiger partial charge in [-0.1, -0.05) is 78.9 Å². The summed E-state index contributed by atoms with van der Waals surface area (Å²) in [6, 6.07) is 38.5. The number of rotatable bonds is 3. The highest BCUT2D eigenvalue weighted by Crippen LogP contribution is 2.33. The third kappa shape index (κ3) is 3.01. The van der Waals surface area contributed by atoms with Crippen LogP contribution in [0.5, 0.6) is 0 Å². The van der Waals surface area contributed by atoms with Crippen LogP contribution in [0.4, 0.5) is 0 Å². The number of hydrogen-bond acceptors (Lipinski definition) is 1. The highest BCUT2D eigenvalue weighted by molar-refractivity contribution is 6.09. The summed E-state index contributed by atoms with van der Waals surface area (Å²) >= 11 is 0. The minimum Gasteiger partial charge on any atom is -0.309 e. The van der Waals surface area contributed by atoms with Gasteiger partial charge in [-0.15, -0.1) is 0 Å². The molecule has 31 heavy (non-hydrogen) atoms. The second-order valence-electron chi connectivity index (χ2n) is 7.75. The Morgan fingerprint density at radius 2 is 1.03 bits per heavy atom. The zero-order valence-electron chi connectivity index (χ0n) is 16.9. The summed E-state index contributed by atoms with van der Waals surface area (Å²) in [6.07, 6.45) is 3.87. The summed E-state index contributed by atoms with van der Waals surface area (Å²) in [7, 11) is 0. The van der Waals surface area contributed by atoms with Crippen molar-refractivity contribution in [2.75, 3.05) is 0 Å². The van der Waals surface area contributed by atoms with Gasteiger partial charge in [-0.2, -0.15) is 0 Å². The van der Waals surface area contributed by atoms with Crippen LogP contribution in [0.25, 0.3) is 49.7 Å². The number of nitrogens with zero attached hydrogens (tertiary/aromatic N) is 2. The van der Waals surface area contributed by atoms with Crippen molar-refractivity contribution in [1.82, 2.24) is 9.55 Å². The number of benzene rings is 4. The highest BCUT2D eigenvalue weighted by atomic mass is 15.0. The van der Waals surface area contributed by atoms with E-state index in [2.05, 4.69) is 113 Å². The molecule has 0 fully saturated rings. The van der Waals surface area contributed by atoms with Crippen molar-refractivity contribution >= 4 is 21.8 Å². The lowest BCUT2D eigenvalue weighted by Crippen LogP contribution is -1.94. The molecular weight excluding hydrogens is 376 g/mol. The van der Waals surface area contributed by atoms with E-state index in [0.29, 0.717) is 0 Å². The Morgan fingerprint density at radius 1 is 0.452 bits per heavy atom. The van der Waals surface area contributed by atoms with Crippen LogP contribution in [0.15, 0.2) is 122 Å². The molecule has 146 valence electrons.